The summed E-state index contributed by atoms with van der Waals surface area (Å²) in [7, 11) is 1.65. The smallest absolute Gasteiger partial charge is 0.255 e. The van der Waals surface area contributed by atoms with Crippen LogP contribution in [0, 0.1) is 11.8 Å². The third-order valence-electron chi connectivity index (χ3n) is 6.31. The van der Waals surface area contributed by atoms with Crippen LogP contribution in [0.5, 0.6) is 5.75 Å². The van der Waals surface area contributed by atoms with Gasteiger partial charge in [-0.3, -0.25) is 24.7 Å². The molecule has 9 nitrogen and oxygen atoms in total. The second-order valence-electron chi connectivity index (χ2n) is 7.98. The number of piperazine rings is 1. The molecule has 4 aliphatic rings. The minimum absolute atomic E-state index is 0.133. The highest BCUT2D eigenvalue weighted by Crippen LogP contribution is 2.44. The predicted molar refractivity (Wildman–Crippen MR) is 106 cm³/mol. The van der Waals surface area contributed by atoms with Gasteiger partial charge in [-0.05, 0) is 12.1 Å². The molecule has 3 fully saturated rings. The Labute approximate surface area is 174 Å². The molecule has 4 atom stereocenters. The van der Waals surface area contributed by atoms with Gasteiger partial charge in [-0.1, -0.05) is 24.3 Å². The van der Waals surface area contributed by atoms with Crippen LogP contribution < -0.4 is 15.1 Å². The molecule has 30 heavy (non-hydrogen) atoms. The lowest BCUT2D eigenvalue weighted by Crippen LogP contribution is -2.53. The number of para-hydroxylation sites is 2. The Hall–Kier alpha value is -2.91. The molecule has 4 aliphatic heterocycles. The monoisotopic (exact) mass is 412 g/mol. The number of methoxy groups -OCH3 is 1. The molecule has 1 N–H and O–H groups in total. The van der Waals surface area contributed by atoms with Gasteiger partial charge in [0, 0.05) is 26.2 Å². The van der Waals surface area contributed by atoms with Crippen molar-refractivity contribution in [2.45, 2.75) is 12.2 Å². The van der Waals surface area contributed by atoms with E-state index in [1.54, 1.807) is 7.11 Å². The summed E-state index contributed by atoms with van der Waals surface area (Å²) in [5, 5.41) is 0.901. The topological polar surface area (TPSA) is 91.4 Å². The fraction of sp³-hybridized carbons (Fsp3) is 0.476. The standard InChI is InChI=1S/C21H24N4O5/c1-29-14-5-3-2-4-13(14)24-10-8-23(9-11-24)12-17(26)22-25-20(27)18-15-6-7-16(30-15)19(18)21(25)28/h2-7,15-16,18-19H,8-12H2,1H3,(H,22,26). The number of carbonyl (C=O) groups excluding carboxylic acids is 3. The van der Waals surface area contributed by atoms with Crippen molar-refractivity contribution in [3.63, 3.8) is 0 Å². The Balaban J connectivity index is 1.15. The molecular formula is C21H24N4O5. The number of hydrogen-bond acceptors (Lipinski definition) is 7. The van der Waals surface area contributed by atoms with Crippen LogP contribution >= 0.6 is 0 Å². The number of carbonyl (C=O) groups is 3. The third-order valence-corrected chi connectivity index (χ3v) is 6.31. The molecule has 158 valence electrons. The van der Waals surface area contributed by atoms with Crippen molar-refractivity contribution < 1.29 is 23.9 Å². The molecular weight excluding hydrogens is 388 g/mol. The Bertz CT molecular complexity index is 880. The van der Waals surface area contributed by atoms with Gasteiger partial charge in [0.15, 0.2) is 0 Å². The van der Waals surface area contributed by atoms with E-state index in [0.717, 1.165) is 29.5 Å². The number of imide groups is 1. The van der Waals surface area contributed by atoms with E-state index in [2.05, 4.69) is 10.3 Å². The zero-order valence-corrected chi connectivity index (χ0v) is 16.7. The van der Waals surface area contributed by atoms with Crippen LogP contribution in [-0.4, -0.2) is 79.7 Å². The molecule has 3 saturated heterocycles. The van der Waals surface area contributed by atoms with E-state index in [1.165, 1.54) is 0 Å². The van der Waals surface area contributed by atoms with Crippen LogP contribution in [0.4, 0.5) is 5.69 Å². The van der Waals surface area contributed by atoms with Crippen LogP contribution in [0.3, 0.4) is 0 Å². The van der Waals surface area contributed by atoms with Crippen molar-refractivity contribution in [2.75, 3.05) is 44.7 Å². The summed E-state index contributed by atoms with van der Waals surface area (Å²) in [6.45, 7) is 3.03. The van der Waals surface area contributed by atoms with E-state index >= 15 is 0 Å². The second kappa shape index (κ2) is 7.41. The number of ether oxygens (including phenoxy) is 2. The Morgan fingerprint density at radius 1 is 1.07 bits per heavy atom. The highest BCUT2D eigenvalue weighted by atomic mass is 16.5. The zero-order chi connectivity index (χ0) is 20.8. The van der Waals surface area contributed by atoms with Gasteiger partial charge in [-0.25, -0.2) is 0 Å². The second-order valence-corrected chi connectivity index (χ2v) is 7.98. The Morgan fingerprint density at radius 2 is 1.70 bits per heavy atom. The normalized spacial score (nSPS) is 30.2. The number of hydrogen-bond donors (Lipinski definition) is 1. The summed E-state index contributed by atoms with van der Waals surface area (Å²) in [5.74, 6) is -1.32. The van der Waals surface area contributed by atoms with Crippen molar-refractivity contribution in [3.05, 3.63) is 36.4 Å². The first-order valence-electron chi connectivity index (χ1n) is 10.2. The molecule has 0 aromatic heterocycles. The number of nitrogens with zero attached hydrogens (tertiary/aromatic N) is 3. The van der Waals surface area contributed by atoms with E-state index in [1.807, 2.05) is 41.3 Å². The van der Waals surface area contributed by atoms with Crippen molar-refractivity contribution >= 4 is 23.4 Å². The number of rotatable bonds is 5. The Kier molecular flexibility index (Phi) is 4.71. The summed E-state index contributed by atoms with van der Waals surface area (Å²) in [5.41, 5.74) is 3.56. The van der Waals surface area contributed by atoms with Gasteiger partial charge in [0.2, 0.25) is 0 Å². The number of hydrazine groups is 1. The molecule has 0 radical (unpaired) electrons. The summed E-state index contributed by atoms with van der Waals surface area (Å²) in [4.78, 5) is 42.0. The van der Waals surface area contributed by atoms with Crippen LogP contribution in [0.1, 0.15) is 0 Å². The third kappa shape index (κ3) is 3.05. The van der Waals surface area contributed by atoms with E-state index in [0.29, 0.717) is 13.1 Å². The van der Waals surface area contributed by atoms with Crippen molar-refractivity contribution in [1.29, 1.82) is 0 Å². The largest absolute Gasteiger partial charge is 0.495 e. The quantitative estimate of drug-likeness (QED) is 0.528. The lowest BCUT2D eigenvalue weighted by molar-refractivity contribution is -0.151. The van der Waals surface area contributed by atoms with E-state index in [9.17, 15) is 14.4 Å². The van der Waals surface area contributed by atoms with Crippen LogP contribution in [0.25, 0.3) is 0 Å². The first-order chi connectivity index (χ1) is 14.6. The van der Waals surface area contributed by atoms with Gasteiger partial charge in [0.1, 0.15) is 5.75 Å². The van der Waals surface area contributed by atoms with Crippen LogP contribution in [-0.2, 0) is 19.1 Å². The minimum Gasteiger partial charge on any atom is -0.495 e. The fourth-order valence-electron chi connectivity index (χ4n) is 4.81. The fourth-order valence-corrected chi connectivity index (χ4v) is 4.81. The lowest BCUT2D eigenvalue weighted by Gasteiger charge is -2.36. The maximum atomic E-state index is 12.6. The molecule has 0 spiro atoms. The van der Waals surface area contributed by atoms with E-state index in [4.69, 9.17) is 9.47 Å². The van der Waals surface area contributed by atoms with E-state index in [-0.39, 0.29) is 36.5 Å². The minimum atomic E-state index is -0.516. The highest BCUT2D eigenvalue weighted by molar-refractivity contribution is 6.07. The molecule has 0 saturated carbocycles. The molecule has 5 rings (SSSR count). The maximum absolute atomic E-state index is 12.6. The molecule has 0 aliphatic carbocycles. The summed E-state index contributed by atoms with van der Waals surface area (Å²) in [6.07, 6.45) is 2.93. The SMILES string of the molecule is COc1ccccc1N1CCN(CC(=O)NN2C(=O)C3C4C=CC(O4)C3C2=O)CC1. The number of benzene rings is 1. The average Bonchev–Trinajstić information content (AvgIpc) is 3.44. The summed E-state index contributed by atoms with van der Waals surface area (Å²) >= 11 is 0. The van der Waals surface area contributed by atoms with Gasteiger partial charge in [0.05, 0.1) is 43.4 Å². The molecule has 4 heterocycles. The summed E-state index contributed by atoms with van der Waals surface area (Å²) < 4.78 is 11.0. The van der Waals surface area contributed by atoms with Gasteiger partial charge in [-0.2, -0.15) is 5.01 Å². The van der Waals surface area contributed by atoms with Crippen molar-refractivity contribution in [3.8, 4) is 5.75 Å². The first-order valence-corrected chi connectivity index (χ1v) is 10.2. The molecule has 3 amide bonds. The molecule has 1 aromatic rings. The van der Waals surface area contributed by atoms with Gasteiger partial charge >= 0.3 is 0 Å². The summed E-state index contributed by atoms with van der Waals surface area (Å²) in [6, 6.07) is 7.87. The van der Waals surface area contributed by atoms with Crippen LogP contribution in [0.15, 0.2) is 36.4 Å². The molecule has 9 heteroatoms. The van der Waals surface area contributed by atoms with Gasteiger partial charge in [0.25, 0.3) is 17.7 Å². The number of fused-ring (bicyclic) bond motifs is 5. The van der Waals surface area contributed by atoms with Gasteiger partial charge in [-0.15, -0.1) is 0 Å². The highest BCUT2D eigenvalue weighted by Gasteiger charge is 2.61. The number of amides is 3. The van der Waals surface area contributed by atoms with Crippen molar-refractivity contribution in [2.24, 2.45) is 11.8 Å². The Morgan fingerprint density at radius 3 is 2.33 bits per heavy atom. The molecule has 2 bridgehead atoms. The van der Waals surface area contributed by atoms with E-state index < -0.39 is 11.8 Å². The number of nitrogens with one attached hydrogen (secondary N) is 1. The average molecular weight is 412 g/mol. The molecule has 4 unspecified atom stereocenters. The predicted octanol–water partition coefficient (Wildman–Crippen LogP) is -0.213. The van der Waals surface area contributed by atoms with Crippen molar-refractivity contribution in [1.82, 2.24) is 15.3 Å². The van der Waals surface area contributed by atoms with Crippen LogP contribution in [0.2, 0.25) is 0 Å². The maximum Gasteiger partial charge on any atom is 0.255 e. The zero-order valence-electron chi connectivity index (χ0n) is 16.7. The lowest BCUT2D eigenvalue weighted by atomic mass is 9.85. The molecule has 1 aromatic carbocycles. The first kappa shape index (κ1) is 19.1. The number of anilines is 1. The van der Waals surface area contributed by atoms with Gasteiger partial charge < -0.3 is 14.4 Å².